The van der Waals surface area contributed by atoms with E-state index in [-0.39, 0.29) is 38.5 Å². The van der Waals surface area contributed by atoms with Crippen molar-refractivity contribution in [3.63, 3.8) is 0 Å². The van der Waals surface area contributed by atoms with Crippen molar-refractivity contribution in [3.8, 4) is 73.3 Å². The quantitative estimate of drug-likeness (QED) is 0.0142. The minimum absolute atomic E-state index is 0.0532. The van der Waals surface area contributed by atoms with Gasteiger partial charge in [0.15, 0.2) is 23.0 Å². The van der Waals surface area contributed by atoms with Crippen molar-refractivity contribution in [2.24, 2.45) is 0 Å². The first kappa shape index (κ1) is 70.9. The minimum Gasteiger partial charge on any atom is -0.491 e. The average molecular weight is 1400 g/mol. The smallest absolute Gasteiger partial charge is 0.270 e. The highest BCUT2D eigenvalue weighted by Crippen LogP contribution is 2.70. The second-order valence-corrected chi connectivity index (χ2v) is 31.4. The van der Waals surface area contributed by atoms with Gasteiger partial charge < -0.3 is 9.47 Å². The number of ketones is 2. The van der Waals surface area contributed by atoms with Crippen LogP contribution in [0.15, 0.2) is 71.1 Å². The number of allylic oxidation sites excluding steroid dienone is 6. The molecule has 13 heteroatoms. The normalized spacial score (nSPS) is 16.0. The number of nitrogens with zero attached hydrogens (tertiary/aromatic N) is 3. The Morgan fingerprint density at radius 1 is 0.557 bits per heavy atom. The van der Waals surface area contributed by atoms with Crippen molar-refractivity contribution in [1.82, 2.24) is 0 Å². The lowest BCUT2D eigenvalue weighted by Crippen LogP contribution is -2.26. The van der Waals surface area contributed by atoms with Crippen LogP contribution in [0, 0.1) is 60.7 Å². The Hall–Kier alpha value is -7.39. The molecule has 0 radical (unpaired) electrons. The number of unbranched alkanes of at least 4 members (excludes halogenated alkanes) is 17. The molecule has 0 amide bonds. The molecule has 0 saturated carbocycles. The zero-order valence-electron chi connectivity index (χ0n) is 56.8. The maximum Gasteiger partial charge on any atom is 0.270 e. The summed E-state index contributed by atoms with van der Waals surface area (Å²) in [5.41, 5.74) is 8.51. The van der Waals surface area contributed by atoms with Crippen molar-refractivity contribution in [2.45, 2.75) is 219 Å². The first-order valence-electron chi connectivity index (χ1n) is 35.2. The zero-order valence-corrected chi connectivity index (χ0v) is 61.6. The lowest BCUT2D eigenvalue weighted by Gasteiger charge is -2.33. The molecule has 4 aromatic heterocycles. The number of nitriles is 1. The van der Waals surface area contributed by atoms with Gasteiger partial charge in [0, 0.05) is 80.8 Å². The number of halogens is 2. The van der Waals surface area contributed by atoms with Crippen LogP contribution in [0.3, 0.4) is 0 Å². The predicted octanol–water partition coefficient (Wildman–Crippen LogP) is 26.0. The summed E-state index contributed by atoms with van der Waals surface area (Å²) in [4.78, 5) is 43.5. The summed E-state index contributed by atoms with van der Waals surface area (Å²) in [6, 6.07) is 17.7. The first-order valence-corrected chi connectivity index (χ1v) is 39.2. The van der Waals surface area contributed by atoms with Gasteiger partial charge in [-0.15, -0.1) is 51.8 Å². The van der Waals surface area contributed by atoms with E-state index in [1.807, 2.05) is 37.3 Å². The Labute approximate surface area is 600 Å². The molecule has 0 bridgehead atoms. The van der Waals surface area contributed by atoms with Crippen LogP contribution < -0.4 is 9.47 Å². The van der Waals surface area contributed by atoms with Gasteiger partial charge in [-0.1, -0.05) is 217 Å². The van der Waals surface area contributed by atoms with Crippen LogP contribution in [0.25, 0.3) is 72.7 Å². The molecule has 4 aliphatic rings. The highest BCUT2D eigenvalue weighted by atomic mass is 35.5. The fourth-order valence-corrected chi connectivity index (χ4v) is 21.4. The zero-order chi connectivity index (χ0) is 68.4. The van der Waals surface area contributed by atoms with E-state index in [9.17, 15) is 14.9 Å². The van der Waals surface area contributed by atoms with E-state index in [0.29, 0.717) is 45.9 Å². The number of rotatable bonds is 31. The Morgan fingerprint density at radius 3 is 1.53 bits per heavy atom. The Bertz CT molecular complexity index is 4650. The highest BCUT2D eigenvalue weighted by molar-refractivity contribution is 7.29. The van der Waals surface area contributed by atoms with E-state index < -0.39 is 10.8 Å². The van der Waals surface area contributed by atoms with Gasteiger partial charge in [-0.2, -0.15) is 0 Å². The molecule has 97 heavy (non-hydrogen) atoms. The summed E-state index contributed by atoms with van der Waals surface area (Å²) in [6.45, 7) is 30.0. The van der Waals surface area contributed by atoms with Gasteiger partial charge in [0.25, 0.3) is 5.70 Å². The third kappa shape index (κ3) is 13.5. The average Bonchev–Trinajstić information content (AvgIpc) is 1.51. The molecule has 3 aromatic carbocycles. The summed E-state index contributed by atoms with van der Waals surface area (Å²) in [5, 5.41) is 13.1. The number of benzene rings is 3. The summed E-state index contributed by atoms with van der Waals surface area (Å²) in [5.74, 6) is 12.2. The van der Waals surface area contributed by atoms with Crippen LogP contribution in [-0.2, 0) is 10.8 Å². The number of hydrogen-bond acceptors (Lipinski definition) is 9. The van der Waals surface area contributed by atoms with Gasteiger partial charge in [0.1, 0.15) is 11.9 Å². The van der Waals surface area contributed by atoms with Gasteiger partial charge in [0.2, 0.25) is 0 Å². The van der Waals surface area contributed by atoms with Gasteiger partial charge in [0.05, 0.1) is 55.0 Å². The third-order valence-corrected chi connectivity index (χ3v) is 25.8. The van der Waals surface area contributed by atoms with Crippen molar-refractivity contribution < 1.29 is 19.1 Å². The molecule has 7 nitrogen and oxygen atoms in total. The summed E-state index contributed by atoms with van der Waals surface area (Å²) in [7, 11) is 0. The Balaban J connectivity index is 1.23. The number of Topliss-reactive ketones (excluding diaryl/α,β-unsaturated/α-hetero) is 2. The van der Waals surface area contributed by atoms with E-state index in [2.05, 4.69) is 98.4 Å². The summed E-state index contributed by atoms with van der Waals surface area (Å²) in [6.07, 6.45) is 40.3. The molecule has 4 heterocycles. The van der Waals surface area contributed by atoms with Crippen molar-refractivity contribution in [2.75, 3.05) is 6.61 Å². The van der Waals surface area contributed by atoms with Crippen LogP contribution in [0.1, 0.15) is 272 Å². The maximum atomic E-state index is 14.8. The van der Waals surface area contributed by atoms with Gasteiger partial charge in [-0.25, -0.2) is 15.0 Å². The number of ether oxygens (including phenoxy) is 2. The monoisotopic (exact) mass is 1400 g/mol. The molecule has 0 atom stereocenters. The van der Waals surface area contributed by atoms with Crippen LogP contribution in [-0.4, -0.2) is 18.2 Å². The van der Waals surface area contributed by atoms with E-state index >= 15 is 0 Å². The summed E-state index contributed by atoms with van der Waals surface area (Å²) >= 11 is 20.2. The van der Waals surface area contributed by atoms with Crippen molar-refractivity contribution in [3.05, 3.63) is 158 Å². The molecule has 0 aliphatic heterocycles. The number of carbonyl (C=O) groups is 2. The van der Waals surface area contributed by atoms with E-state index in [1.165, 1.54) is 51.3 Å². The number of terminal acetylenes is 1. The topological polar surface area (TPSA) is 85.1 Å². The second kappa shape index (κ2) is 32.1. The molecular weight excluding hydrogens is 1310 g/mol. The standard InChI is InChI=1S/C84H83Cl2N3O4S4/c1-10-16-22-28-29-37-45-93-76-70-72-81(77-62(83(72,40-32-23-17-11-2)41-33-24-18-12-3)48-54(94-77)46-60-67(53(7)88-8)56-38-30-31-39-57(56)73(60)90)96-79(70)75(92-44-36-27-21-15-6)69-71-82(97-80(69)76)78-63(84(71,42-34-25-19-13-4)43-35-26-20-14-5)49-55(95-78)47-61-68(66(52-87)89-9)58-50-64(85)65(86)51-59(58)74(61)91/h6,30-31,38-39,46-51H,10-14,16-20,22-26,28-29,32-35,37,40-43,45H2,1-5,7H3/b60-46-,61-47-,67-53-,68-66+. The fraction of sp³-hybridized carbons (Fsp3) is 0.417. The molecule has 496 valence electrons. The lowest BCUT2D eigenvalue weighted by atomic mass is 9.69. The number of carbonyl (C=O) groups excluding carboxylic acids is 2. The summed E-state index contributed by atoms with van der Waals surface area (Å²) < 4.78 is 17.0. The van der Waals surface area contributed by atoms with Gasteiger partial charge >= 0.3 is 0 Å². The Kier molecular flexibility index (Phi) is 23.5. The third-order valence-electron chi connectivity index (χ3n) is 20.2. The lowest BCUT2D eigenvalue weighted by molar-refractivity contribution is 0.103. The molecule has 0 fully saturated rings. The van der Waals surface area contributed by atoms with Gasteiger partial charge in [-0.3, -0.25) is 9.59 Å². The van der Waals surface area contributed by atoms with E-state index in [4.69, 9.17) is 52.2 Å². The molecule has 7 aromatic rings. The number of thiophene rings is 4. The van der Waals surface area contributed by atoms with Gasteiger partial charge in [-0.05, 0) is 126 Å². The maximum absolute atomic E-state index is 14.8. The molecule has 0 saturated heterocycles. The molecule has 11 rings (SSSR count). The second-order valence-electron chi connectivity index (χ2n) is 26.4. The van der Waals surface area contributed by atoms with Crippen LogP contribution in [0.5, 0.6) is 11.5 Å². The number of fused-ring (bicyclic) bond motifs is 12. The molecule has 4 aliphatic carbocycles. The van der Waals surface area contributed by atoms with E-state index in [0.717, 1.165) is 199 Å². The highest BCUT2D eigenvalue weighted by Gasteiger charge is 2.52. The van der Waals surface area contributed by atoms with Crippen molar-refractivity contribution >= 4 is 124 Å². The van der Waals surface area contributed by atoms with Crippen molar-refractivity contribution in [1.29, 1.82) is 5.26 Å². The predicted molar refractivity (Wildman–Crippen MR) is 410 cm³/mol. The SMILES string of the molecule is [C-]#[N+]/C(C)=C1\C(=C\c2cc3c(s2)-c2sc4c(OC#CC#CC#C)c5c6c(sc5c(OCCCCCCCC)c4c2C3(CCCCCC)CCCCCC)-c2sc(/C=C3\C(=O)c4cc(Cl)c(Cl)cc4\C3=C(\C#N)[N+]#[C-])cc2C6(CCCCCC)CCCCCC)C(=O)c2ccccc21. The molecule has 0 N–H and O–H groups in total. The van der Waals surface area contributed by atoms with Crippen LogP contribution >= 0.6 is 68.5 Å². The molecule has 0 unspecified atom stereocenters. The molecule has 0 spiro atoms. The Morgan fingerprint density at radius 2 is 1.02 bits per heavy atom. The fourth-order valence-electron chi connectivity index (χ4n) is 15.6. The first-order chi connectivity index (χ1) is 47.3. The van der Waals surface area contributed by atoms with Crippen LogP contribution in [0.2, 0.25) is 10.0 Å². The molecular formula is C84H83Cl2N3O4S4. The van der Waals surface area contributed by atoms with E-state index in [1.54, 1.807) is 57.5 Å². The minimum atomic E-state index is -0.505. The largest absolute Gasteiger partial charge is 0.491 e. The number of hydrogen-bond donors (Lipinski definition) is 0. The van der Waals surface area contributed by atoms with Crippen LogP contribution in [0.4, 0.5) is 0 Å².